The molecule has 2 heterocycles. The minimum atomic E-state index is -0.777. The third-order valence-electron chi connectivity index (χ3n) is 3.84. The Bertz CT molecular complexity index is 522. The molecule has 2 amide bonds. The standard InChI is InChI=1S/C15H20N2O4S/c18-13(1-5-16-15(21)12-4-8-22-10-12)17-6-2-11(3-7-17)9-14(19)20/h4,8,10-11H,1-3,5-7,9H2,(H,16,21)(H,19,20). The molecule has 120 valence electrons. The number of amides is 2. The van der Waals surface area contributed by atoms with Gasteiger partial charge < -0.3 is 15.3 Å². The fourth-order valence-corrected chi connectivity index (χ4v) is 3.21. The first-order valence-electron chi connectivity index (χ1n) is 7.36. The fraction of sp³-hybridized carbons (Fsp3) is 0.533. The molecule has 0 bridgehead atoms. The molecule has 0 spiro atoms. The second-order valence-corrected chi connectivity index (χ2v) is 6.22. The Balaban J connectivity index is 1.66. The lowest BCUT2D eigenvalue weighted by Crippen LogP contribution is -2.40. The summed E-state index contributed by atoms with van der Waals surface area (Å²) in [5.41, 5.74) is 0.618. The van der Waals surface area contributed by atoms with Gasteiger partial charge in [0.2, 0.25) is 5.91 Å². The van der Waals surface area contributed by atoms with E-state index in [0.717, 1.165) is 12.8 Å². The molecule has 2 rings (SSSR count). The molecule has 0 radical (unpaired) electrons. The molecule has 0 saturated carbocycles. The maximum Gasteiger partial charge on any atom is 0.303 e. The van der Waals surface area contributed by atoms with Crippen LogP contribution in [0.2, 0.25) is 0 Å². The lowest BCUT2D eigenvalue weighted by atomic mass is 9.93. The van der Waals surface area contributed by atoms with Gasteiger partial charge in [0.1, 0.15) is 0 Å². The van der Waals surface area contributed by atoms with Gasteiger partial charge in [-0.05, 0) is 30.2 Å². The van der Waals surface area contributed by atoms with Gasteiger partial charge in [0.15, 0.2) is 0 Å². The summed E-state index contributed by atoms with van der Waals surface area (Å²) >= 11 is 1.46. The van der Waals surface area contributed by atoms with Crippen molar-refractivity contribution in [3.63, 3.8) is 0 Å². The predicted molar refractivity (Wildman–Crippen MR) is 82.8 cm³/mol. The third kappa shape index (κ3) is 4.84. The normalized spacial score (nSPS) is 15.5. The molecule has 1 aromatic heterocycles. The summed E-state index contributed by atoms with van der Waals surface area (Å²) < 4.78 is 0. The smallest absolute Gasteiger partial charge is 0.303 e. The van der Waals surface area contributed by atoms with Gasteiger partial charge in [-0.2, -0.15) is 11.3 Å². The van der Waals surface area contributed by atoms with Crippen LogP contribution in [0.15, 0.2) is 16.8 Å². The molecular weight excluding hydrogens is 304 g/mol. The van der Waals surface area contributed by atoms with Gasteiger partial charge in [0.05, 0.1) is 0 Å². The van der Waals surface area contributed by atoms with E-state index in [-0.39, 0.29) is 30.6 Å². The van der Waals surface area contributed by atoms with E-state index in [9.17, 15) is 14.4 Å². The summed E-state index contributed by atoms with van der Waals surface area (Å²) in [6.45, 7) is 1.53. The number of nitrogens with one attached hydrogen (secondary N) is 1. The van der Waals surface area contributed by atoms with E-state index in [1.54, 1.807) is 16.3 Å². The van der Waals surface area contributed by atoms with Gasteiger partial charge in [0, 0.05) is 43.4 Å². The Morgan fingerprint density at radius 3 is 2.64 bits per heavy atom. The van der Waals surface area contributed by atoms with Gasteiger partial charge >= 0.3 is 5.97 Å². The first kappa shape index (κ1) is 16.5. The molecule has 1 aliphatic heterocycles. The van der Waals surface area contributed by atoms with Crippen molar-refractivity contribution in [2.45, 2.75) is 25.7 Å². The van der Waals surface area contributed by atoms with Crippen LogP contribution in [-0.2, 0) is 9.59 Å². The largest absolute Gasteiger partial charge is 0.481 e. The van der Waals surface area contributed by atoms with Crippen molar-refractivity contribution in [1.82, 2.24) is 10.2 Å². The number of hydrogen-bond acceptors (Lipinski definition) is 4. The number of carbonyl (C=O) groups is 3. The quantitative estimate of drug-likeness (QED) is 0.832. The van der Waals surface area contributed by atoms with Gasteiger partial charge in [-0.15, -0.1) is 0 Å². The highest BCUT2D eigenvalue weighted by atomic mass is 32.1. The van der Waals surface area contributed by atoms with E-state index >= 15 is 0 Å². The highest BCUT2D eigenvalue weighted by molar-refractivity contribution is 7.08. The number of rotatable bonds is 6. The molecule has 1 saturated heterocycles. The summed E-state index contributed by atoms with van der Waals surface area (Å²) in [6.07, 6.45) is 1.93. The first-order chi connectivity index (χ1) is 10.6. The SMILES string of the molecule is O=C(O)CC1CCN(C(=O)CCNC(=O)c2ccsc2)CC1. The number of thiophene rings is 1. The summed E-state index contributed by atoms with van der Waals surface area (Å²) in [7, 11) is 0. The zero-order valence-corrected chi connectivity index (χ0v) is 13.1. The lowest BCUT2D eigenvalue weighted by Gasteiger charge is -2.31. The van der Waals surface area contributed by atoms with Crippen LogP contribution in [0, 0.1) is 5.92 Å². The zero-order valence-electron chi connectivity index (χ0n) is 12.3. The molecule has 7 heteroatoms. The second kappa shape index (κ2) is 7.93. The Morgan fingerprint density at radius 2 is 2.05 bits per heavy atom. The van der Waals surface area contributed by atoms with E-state index in [0.29, 0.717) is 25.2 Å². The zero-order chi connectivity index (χ0) is 15.9. The van der Waals surface area contributed by atoms with Crippen molar-refractivity contribution < 1.29 is 19.5 Å². The molecule has 0 aliphatic carbocycles. The van der Waals surface area contributed by atoms with E-state index in [1.807, 2.05) is 5.38 Å². The predicted octanol–water partition coefficient (Wildman–Crippen LogP) is 1.58. The summed E-state index contributed by atoms with van der Waals surface area (Å²) in [6, 6.07) is 1.75. The van der Waals surface area contributed by atoms with Crippen molar-refractivity contribution in [2.75, 3.05) is 19.6 Å². The molecule has 22 heavy (non-hydrogen) atoms. The van der Waals surface area contributed by atoms with Crippen LogP contribution in [-0.4, -0.2) is 47.4 Å². The number of carbonyl (C=O) groups excluding carboxylic acids is 2. The van der Waals surface area contributed by atoms with Crippen LogP contribution in [0.3, 0.4) is 0 Å². The highest BCUT2D eigenvalue weighted by Crippen LogP contribution is 2.20. The number of nitrogens with zero attached hydrogens (tertiary/aromatic N) is 1. The van der Waals surface area contributed by atoms with Crippen molar-refractivity contribution in [3.05, 3.63) is 22.4 Å². The summed E-state index contributed by atoms with van der Waals surface area (Å²) in [5.74, 6) is -0.755. The summed E-state index contributed by atoms with van der Waals surface area (Å²) in [5, 5.41) is 15.1. The number of aliphatic carboxylic acids is 1. The van der Waals surface area contributed by atoms with E-state index in [4.69, 9.17) is 5.11 Å². The average molecular weight is 324 g/mol. The molecule has 1 aromatic rings. The molecular formula is C15H20N2O4S. The van der Waals surface area contributed by atoms with E-state index in [1.165, 1.54) is 11.3 Å². The number of hydrogen-bond donors (Lipinski definition) is 2. The van der Waals surface area contributed by atoms with Crippen molar-refractivity contribution in [1.29, 1.82) is 0 Å². The van der Waals surface area contributed by atoms with Gasteiger partial charge in [0.25, 0.3) is 5.91 Å². The lowest BCUT2D eigenvalue weighted by molar-refractivity contribution is -0.138. The van der Waals surface area contributed by atoms with Crippen LogP contribution in [0.25, 0.3) is 0 Å². The minimum Gasteiger partial charge on any atom is -0.481 e. The van der Waals surface area contributed by atoms with Gasteiger partial charge in [-0.3, -0.25) is 14.4 Å². The highest BCUT2D eigenvalue weighted by Gasteiger charge is 2.24. The Labute approximate surface area is 133 Å². The van der Waals surface area contributed by atoms with E-state index < -0.39 is 5.97 Å². The Morgan fingerprint density at radius 1 is 1.32 bits per heavy atom. The Hall–Kier alpha value is -1.89. The maximum atomic E-state index is 12.1. The van der Waals surface area contributed by atoms with Crippen molar-refractivity contribution in [2.24, 2.45) is 5.92 Å². The van der Waals surface area contributed by atoms with Gasteiger partial charge in [-0.25, -0.2) is 0 Å². The van der Waals surface area contributed by atoms with Crippen LogP contribution in [0.5, 0.6) is 0 Å². The second-order valence-electron chi connectivity index (χ2n) is 5.44. The van der Waals surface area contributed by atoms with E-state index in [2.05, 4.69) is 5.32 Å². The number of carboxylic acid groups (broad SMARTS) is 1. The molecule has 1 fully saturated rings. The molecule has 0 unspecified atom stereocenters. The van der Waals surface area contributed by atoms with Gasteiger partial charge in [-0.1, -0.05) is 0 Å². The number of likely N-dealkylation sites (tertiary alicyclic amines) is 1. The molecule has 1 aliphatic rings. The fourth-order valence-electron chi connectivity index (χ4n) is 2.57. The summed E-state index contributed by atoms with van der Waals surface area (Å²) in [4.78, 5) is 36.2. The molecule has 2 N–H and O–H groups in total. The monoisotopic (exact) mass is 324 g/mol. The molecule has 0 atom stereocenters. The van der Waals surface area contributed by atoms with Crippen molar-refractivity contribution >= 4 is 29.1 Å². The van der Waals surface area contributed by atoms with Crippen LogP contribution < -0.4 is 5.32 Å². The van der Waals surface area contributed by atoms with Crippen LogP contribution in [0.4, 0.5) is 0 Å². The van der Waals surface area contributed by atoms with Crippen molar-refractivity contribution in [3.8, 4) is 0 Å². The average Bonchev–Trinajstić information content (AvgIpc) is 3.01. The maximum absolute atomic E-state index is 12.1. The number of piperidine rings is 1. The van der Waals surface area contributed by atoms with Crippen LogP contribution >= 0.6 is 11.3 Å². The molecule has 6 nitrogen and oxygen atoms in total. The number of carboxylic acids is 1. The van der Waals surface area contributed by atoms with Crippen LogP contribution in [0.1, 0.15) is 36.0 Å². The molecule has 0 aromatic carbocycles. The first-order valence-corrected chi connectivity index (χ1v) is 8.30. The Kier molecular flexibility index (Phi) is 5.94. The third-order valence-corrected chi connectivity index (χ3v) is 4.52. The minimum absolute atomic E-state index is 0.0133. The topological polar surface area (TPSA) is 86.7 Å².